The lowest BCUT2D eigenvalue weighted by Crippen LogP contribution is -1.89. The number of aliphatic imine (C=N–C) groups is 1. The first kappa shape index (κ1) is 12.9. The number of hydrogen-bond donors (Lipinski definition) is 0. The SMILES string of the molecule is C=C(C)/C=C/C(C)=C(\C=N/C)CCC. The first-order valence-electron chi connectivity index (χ1n) is 5.07. The van der Waals surface area contributed by atoms with E-state index in [1.54, 1.807) is 0 Å². The summed E-state index contributed by atoms with van der Waals surface area (Å²) >= 11 is 0. The Kier molecular flexibility index (Phi) is 6.73. The van der Waals surface area contributed by atoms with Crippen molar-refractivity contribution >= 4 is 6.21 Å². The van der Waals surface area contributed by atoms with Gasteiger partial charge in [0.15, 0.2) is 0 Å². The predicted octanol–water partition coefficient (Wildman–Crippen LogP) is 3.94. The van der Waals surface area contributed by atoms with E-state index < -0.39 is 0 Å². The van der Waals surface area contributed by atoms with Gasteiger partial charge in [0.2, 0.25) is 0 Å². The minimum Gasteiger partial charge on any atom is -0.296 e. The van der Waals surface area contributed by atoms with Crippen molar-refractivity contribution < 1.29 is 0 Å². The molecule has 0 N–H and O–H groups in total. The standard InChI is InChI=1S/C13H21N/c1-6-7-13(10-14-5)12(4)9-8-11(2)3/h8-10H,2,6-7H2,1,3-5H3/b9-8+,13-12-,14-10-. The van der Waals surface area contributed by atoms with Crippen LogP contribution in [-0.4, -0.2) is 13.3 Å². The Labute approximate surface area is 87.9 Å². The molecule has 0 rings (SSSR count). The Morgan fingerprint density at radius 2 is 1.93 bits per heavy atom. The number of hydrogen-bond acceptors (Lipinski definition) is 1. The monoisotopic (exact) mass is 191 g/mol. The molecule has 0 bridgehead atoms. The zero-order valence-electron chi connectivity index (χ0n) is 9.80. The molecular weight excluding hydrogens is 170 g/mol. The maximum absolute atomic E-state index is 4.06. The zero-order valence-corrected chi connectivity index (χ0v) is 9.80. The topological polar surface area (TPSA) is 12.4 Å². The van der Waals surface area contributed by atoms with Gasteiger partial charge in [-0.15, -0.1) is 0 Å². The van der Waals surface area contributed by atoms with Gasteiger partial charge < -0.3 is 0 Å². The minimum atomic E-state index is 1.08. The highest BCUT2D eigenvalue weighted by Crippen LogP contribution is 2.11. The first-order chi connectivity index (χ1) is 6.61. The molecule has 0 aliphatic heterocycles. The van der Waals surface area contributed by atoms with Gasteiger partial charge in [0.1, 0.15) is 0 Å². The average Bonchev–Trinajstić information content (AvgIpc) is 2.14. The predicted molar refractivity (Wildman–Crippen MR) is 66.0 cm³/mol. The summed E-state index contributed by atoms with van der Waals surface area (Å²) in [7, 11) is 1.81. The summed E-state index contributed by atoms with van der Waals surface area (Å²) in [4.78, 5) is 4.06. The van der Waals surface area contributed by atoms with Gasteiger partial charge in [0, 0.05) is 13.3 Å². The van der Waals surface area contributed by atoms with Gasteiger partial charge in [-0.1, -0.05) is 37.6 Å². The molecule has 14 heavy (non-hydrogen) atoms. The summed E-state index contributed by atoms with van der Waals surface area (Å²) in [5.74, 6) is 0. The molecule has 0 spiro atoms. The van der Waals surface area contributed by atoms with E-state index in [4.69, 9.17) is 0 Å². The molecule has 1 nitrogen and oxygen atoms in total. The maximum Gasteiger partial charge on any atom is 0.0277 e. The van der Waals surface area contributed by atoms with Crippen LogP contribution in [0.5, 0.6) is 0 Å². The third-order valence-electron chi connectivity index (χ3n) is 1.93. The molecule has 0 heterocycles. The van der Waals surface area contributed by atoms with E-state index in [1.165, 1.54) is 11.1 Å². The highest BCUT2D eigenvalue weighted by molar-refractivity contribution is 5.80. The lowest BCUT2D eigenvalue weighted by atomic mass is 10.0. The van der Waals surface area contributed by atoms with Crippen LogP contribution in [-0.2, 0) is 0 Å². The molecule has 1 heteroatoms. The molecule has 0 saturated carbocycles. The molecule has 0 atom stereocenters. The van der Waals surface area contributed by atoms with Crippen LogP contribution in [0.2, 0.25) is 0 Å². The Balaban J connectivity index is 4.70. The van der Waals surface area contributed by atoms with Gasteiger partial charge in [-0.05, 0) is 31.4 Å². The van der Waals surface area contributed by atoms with Crippen LogP contribution in [0.1, 0.15) is 33.6 Å². The second kappa shape index (κ2) is 7.31. The summed E-state index contributed by atoms with van der Waals surface area (Å²) in [6.45, 7) is 10.1. The summed E-state index contributed by atoms with van der Waals surface area (Å²) in [5, 5.41) is 0. The van der Waals surface area contributed by atoms with Crippen molar-refractivity contribution in [2.24, 2.45) is 4.99 Å². The third-order valence-corrected chi connectivity index (χ3v) is 1.93. The molecule has 0 radical (unpaired) electrons. The van der Waals surface area contributed by atoms with Crippen molar-refractivity contribution in [2.75, 3.05) is 7.05 Å². The molecule has 0 aromatic carbocycles. The van der Waals surface area contributed by atoms with E-state index in [0.29, 0.717) is 0 Å². The third kappa shape index (κ3) is 5.52. The lowest BCUT2D eigenvalue weighted by Gasteiger charge is -2.02. The van der Waals surface area contributed by atoms with E-state index in [9.17, 15) is 0 Å². The minimum absolute atomic E-state index is 1.08. The maximum atomic E-state index is 4.06. The molecule has 0 saturated heterocycles. The summed E-state index contributed by atoms with van der Waals surface area (Å²) in [6, 6.07) is 0. The van der Waals surface area contributed by atoms with Gasteiger partial charge in [0.25, 0.3) is 0 Å². The highest BCUT2D eigenvalue weighted by Gasteiger charge is 1.95. The Bertz CT molecular complexity index is 267. The zero-order chi connectivity index (χ0) is 11.0. The van der Waals surface area contributed by atoms with E-state index in [2.05, 4.69) is 31.5 Å². The van der Waals surface area contributed by atoms with Crippen molar-refractivity contribution in [1.82, 2.24) is 0 Å². The quantitative estimate of drug-likeness (QED) is 0.461. The Hall–Kier alpha value is -1.11. The van der Waals surface area contributed by atoms with Gasteiger partial charge >= 0.3 is 0 Å². The van der Waals surface area contributed by atoms with Crippen LogP contribution in [0, 0.1) is 0 Å². The van der Waals surface area contributed by atoms with E-state index in [-0.39, 0.29) is 0 Å². The molecule has 0 unspecified atom stereocenters. The van der Waals surface area contributed by atoms with Gasteiger partial charge in [-0.25, -0.2) is 0 Å². The van der Waals surface area contributed by atoms with Crippen LogP contribution in [0.3, 0.4) is 0 Å². The molecule has 0 aliphatic carbocycles. The van der Waals surface area contributed by atoms with Crippen LogP contribution < -0.4 is 0 Å². The number of rotatable bonds is 5. The van der Waals surface area contributed by atoms with Crippen molar-refractivity contribution in [3.05, 3.63) is 35.5 Å². The van der Waals surface area contributed by atoms with Crippen LogP contribution in [0.25, 0.3) is 0 Å². The summed E-state index contributed by atoms with van der Waals surface area (Å²) in [6.07, 6.45) is 8.33. The Morgan fingerprint density at radius 1 is 1.29 bits per heavy atom. The van der Waals surface area contributed by atoms with E-state index >= 15 is 0 Å². The molecular formula is C13H21N. The van der Waals surface area contributed by atoms with Gasteiger partial charge in [0.05, 0.1) is 0 Å². The molecule has 0 aromatic rings. The second-order valence-corrected chi connectivity index (χ2v) is 3.53. The van der Waals surface area contributed by atoms with Crippen molar-refractivity contribution in [3.8, 4) is 0 Å². The normalized spacial score (nSPS) is 13.7. The average molecular weight is 191 g/mol. The largest absolute Gasteiger partial charge is 0.296 e. The second-order valence-electron chi connectivity index (χ2n) is 3.53. The fourth-order valence-electron chi connectivity index (χ4n) is 1.16. The van der Waals surface area contributed by atoms with Crippen LogP contribution in [0.15, 0.2) is 40.4 Å². The van der Waals surface area contributed by atoms with Crippen molar-refractivity contribution in [1.29, 1.82) is 0 Å². The fourth-order valence-corrected chi connectivity index (χ4v) is 1.16. The number of nitrogens with zero attached hydrogens (tertiary/aromatic N) is 1. The molecule has 78 valence electrons. The van der Waals surface area contributed by atoms with Crippen molar-refractivity contribution in [2.45, 2.75) is 33.6 Å². The molecule has 0 fully saturated rings. The fraction of sp³-hybridized carbons (Fsp3) is 0.462. The molecule has 0 amide bonds. The Morgan fingerprint density at radius 3 is 2.36 bits per heavy atom. The molecule has 0 aromatic heterocycles. The first-order valence-corrected chi connectivity index (χ1v) is 5.07. The smallest absolute Gasteiger partial charge is 0.0277 e. The van der Waals surface area contributed by atoms with Gasteiger partial charge in [-0.2, -0.15) is 0 Å². The summed E-state index contributed by atoms with van der Waals surface area (Å²) < 4.78 is 0. The van der Waals surface area contributed by atoms with E-state index in [1.807, 2.05) is 26.3 Å². The van der Waals surface area contributed by atoms with Crippen LogP contribution in [0.4, 0.5) is 0 Å². The van der Waals surface area contributed by atoms with Gasteiger partial charge in [-0.3, -0.25) is 4.99 Å². The molecule has 0 aliphatic rings. The summed E-state index contributed by atoms with van der Waals surface area (Å²) in [5.41, 5.74) is 3.67. The van der Waals surface area contributed by atoms with E-state index in [0.717, 1.165) is 18.4 Å². The lowest BCUT2D eigenvalue weighted by molar-refractivity contribution is 0.930. The van der Waals surface area contributed by atoms with Crippen LogP contribution >= 0.6 is 0 Å². The highest BCUT2D eigenvalue weighted by atomic mass is 14.6. The van der Waals surface area contributed by atoms with Crippen molar-refractivity contribution in [3.63, 3.8) is 0 Å². The number of allylic oxidation sites excluding steroid dienone is 5.